The summed E-state index contributed by atoms with van der Waals surface area (Å²) < 4.78 is 25.1. The van der Waals surface area contributed by atoms with Crippen molar-refractivity contribution in [3.8, 4) is 17.2 Å². The second-order valence-corrected chi connectivity index (χ2v) is 9.14. The Morgan fingerprint density at radius 2 is 1.97 bits per heavy atom. The van der Waals surface area contributed by atoms with Gasteiger partial charge in [-0.3, -0.25) is 9.59 Å². The number of nitrogens with zero attached hydrogens (tertiary/aromatic N) is 2. The van der Waals surface area contributed by atoms with E-state index in [2.05, 4.69) is 15.3 Å². The quantitative estimate of drug-likeness (QED) is 0.299. The third-order valence-corrected chi connectivity index (χ3v) is 6.44. The van der Waals surface area contributed by atoms with E-state index in [1.165, 1.54) is 24.4 Å². The van der Waals surface area contributed by atoms with Crippen LogP contribution in [-0.2, 0) is 11.3 Å². The molecule has 2 aromatic carbocycles. The van der Waals surface area contributed by atoms with Crippen LogP contribution < -0.4 is 20.5 Å². The van der Waals surface area contributed by atoms with Crippen LogP contribution in [0.1, 0.15) is 42.0 Å². The van der Waals surface area contributed by atoms with Gasteiger partial charge in [-0.25, -0.2) is 14.4 Å². The Morgan fingerprint density at radius 1 is 1.18 bits per heavy atom. The fraction of sp³-hybridized carbons (Fsp3) is 0.259. The maximum atomic E-state index is 13.7. The lowest BCUT2D eigenvalue weighted by Crippen LogP contribution is -2.25. The maximum Gasteiger partial charge on any atom is 0.247 e. The van der Waals surface area contributed by atoms with Gasteiger partial charge in [0, 0.05) is 53.9 Å². The summed E-state index contributed by atoms with van der Waals surface area (Å²) in [5.74, 6) is 0.709. The van der Waals surface area contributed by atoms with Crippen molar-refractivity contribution in [1.29, 1.82) is 0 Å². The first-order chi connectivity index (χ1) is 18.2. The van der Waals surface area contributed by atoms with Gasteiger partial charge in [-0.15, -0.1) is 0 Å². The number of amides is 1. The lowest BCUT2D eigenvalue weighted by molar-refractivity contribution is -0.117. The van der Waals surface area contributed by atoms with Crippen LogP contribution in [0.4, 0.5) is 10.2 Å². The van der Waals surface area contributed by atoms with E-state index in [4.69, 9.17) is 15.2 Å². The number of halogens is 1. The van der Waals surface area contributed by atoms with E-state index < -0.39 is 16.8 Å². The Bertz CT molecular complexity index is 1350. The normalized spacial score (nSPS) is 11.5. The summed E-state index contributed by atoms with van der Waals surface area (Å²) in [7, 11) is 0. The van der Waals surface area contributed by atoms with Crippen molar-refractivity contribution < 1.29 is 28.6 Å². The van der Waals surface area contributed by atoms with Gasteiger partial charge in [-0.1, -0.05) is 17.8 Å². The third-order valence-electron chi connectivity index (χ3n) is 5.28. The van der Waals surface area contributed by atoms with E-state index in [-0.39, 0.29) is 48.0 Å². The van der Waals surface area contributed by atoms with Crippen molar-refractivity contribution in [2.45, 2.75) is 33.7 Å². The third kappa shape index (κ3) is 7.77. The molecule has 0 fully saturated rings. The predicted molar refractivity (Wildman–Crippen MR) is 143 cm³/mol. The second-order valence-electron chi connectivity index (χ2n) is 8.07. The first-order valence-corrected chi connectivity index (χ1v) is 12.6. The number of nitrogen functional groups attached to an aromatic ring is 1. The van der Waals surface area contributed by atoms with E-state index in [0.29, 0.717) is 28.6 Å². The van der Waals surface area contributed by atoms with Crippen LogP contribution in [-0.4, -0.2) is 39.3 Å². The molecule has 0 spiro atoms. The minimum atomic E-state index is -0.487. The lowest BCUT2D eigenvalue weighted by atomic mass is 10.2. The number of aliphatic hydroxyl groups is 1. The number of nitrogens with two attached hydrogens (primary N) is 1. The highest BCUT2D eigenvalue weighted by Crippen LogP contribution is 2.35. The van der Waals surface area contributed by atoms with Crippen molar-refractivity contribution >= 4 is 28.6 Å². The van der Waals surface area contributed by atoms with E-state index in [1.807, 2.05) is 6.92 Å². The molecule has 0 atom stereocenters. The number of aromatic nitrogens is 2. The molecule has 200 valence electrons. The van der Waals surface area contributed by atoms with Crippen LogP contribution in [0.25, 0.3) is 0 Å². The number of ether oxygens (including phenoxy) is 2. The lowest BCUT2D eigenvalue weighted by Gasteiger charge is -2.15. The number of hydrogen-bond acceptors (Lipinski definition) is 9. The number of carbonyl (C=O) groups excluding carboxylic acids is 2. The van der Waals surface area contributed by atoms with Crippen molar-refractivity contribution in [3.05, 3.63) is 81.9 Å². The molecule has 38 heavy (non-hydrogen) atoms. The van der Waals surface area contributed by atoms with E-state index in [0.717, 1.165) is 11.8 Å². The molecule has 0 saturated carbocycles. The number of carbonyl (C=O) groups is 2. The summed E-state index contributed by atoms with van der Waals surface area (Å²) >= 11 is 0.808. The molecule has 0 saturated heterocycles. The Morgan fingerprint density at radius 3 is 2.66 bits per heavy atom. The Hall–Kier alpha value is -3.96. The first kappa shape index (κ1) is 28.6. The molecule has 9 nitrogen and oxygen atoms in total. The van der Waals surface area contributed by atoms with Gasteiger partial charge in [0.2, 0.25) is 11.0 Å². The van der Waals surface area contributed by atoms with Gasteiger partial charge in [0.1, 0.15) is 34.7 Å². The highest BCUT2D eigenvalue weighted by molar-refractivity contribution is 8.17. The maximum absolute atomic E-state index is 13.7. The van der Waals surface area contributed by atoms with Crippen LogP contribution >= 0.6 is 11.8 Å². The van der Waals surface area contributed by atoms with E-state index in [9.17, 15) is 19.1 Å². The number of rotatable bonds is 11. The van der Waals surface area contributed by atoms with Gasteiger partial charge in [0.15, 0.2) is 0 Å². The summed E-state index contributed by atoms with van der Waals surface area (Å²) in [6, 6.07) is 10.3. The fourth-order valence-electron chi connectivity index (χ4n) is 3.34. The molecule has 0 aliphatic rings. The number of aryl methyl sites for hydroxylation is 1. The Balaban J connectivity index is 1.83. The summed E-state index contributed by atoms with van der Waals surface area (Å²) in [6.07, 6.45) is 1.62. The molecule has 0 radical (unpaired) electrons. The smallest absolute Gasteiger partial charge is 0.247 e. The molecule has 1 amide bonds. The van der Waals surface area contributed by atoms with Crippen molar-refractivity contribution in [3.63, 3.8) is 0 Å². The largest absolute Gasteiger partial charge is 0.494 e. The van der Waals surface area contributed by atoms with Crippen LogP contribution in [0.5, 0.6) is 17.2 Å². The monoisotopic (exact) mass is 540 g/mol. The SMILES string of the molecule is CCOc1ccc(C(=O)S/C(CCO)=C(/C)C(=O)NCc2cnc(C)nc2N)c(Oc2cccc(F)c2)c1. The highest BCUT2D eigenvalue weighted by atomic mass is 32.2. The Labute approximate surface area is 224 Å². The van der Waals surface area contributed by atoms with E-state index in [1.54, 1.807) is 38.1 Å². The standard InChI is InChI=1S/C27H29FN4O5S/c1-4-36-20-8-9-22(23(13-20)37-21-7-5-6-19(28)12-21)27(35)38-24(10-11-33)16(2)26(34)31-15-18-14-30-17(3)32-25(18)29/h5-9,12-14,33H,4,10-11,15H2,1-3H3,(H,31,34)(H2,29,30,32)/b24-16-. The summed E-state index contributed by atoms with van der Waals surface area (Å²) in [5.41, 5.74) is 6.90. The van der Waals surface area contributed by atoms with Crippen LogP contribution in [0, 0.1) is 12.7 Å². The van der Waals surface area contributed by atoms with Gasteiger partial charge >= 0.3 is 0 Å². The van der Waals surface area contributed by atoms with Gasteiger partial charge in [0.05, 0.1) is 12.2 Å². The minimum Gasteiger partial charge on any atom is -0.494 e. The van der Waals surface area contributed by atoms with Crippen LogP contribution in [0.15, 0.2) is 59.1 Å². The first-order valence-electron chi connectivity index (χ1n) is 11.8. The zero-order valence-corrected chi connectivity index (χ0v) is 22.1. The summed E-state index contributed by atoms with van der Waals surface area (Å²) in [5, 5.41) is 11.9. The summed E-state index contributed by atoms with van der Waals surface area (Å²) in [4.78, 5) is 34.7. The molecule has 0 bridgehead atoms. The average Bonchev–Trinajstić information content (AvgIpc) is 2.87. The predicted octanol–water partition coefficient (Wildman–Crippen LogP) is 4.54. The van der Waals surface area contributed by atoms with Crippen molar-refractivity contribution in [2.24, 2.45) is 0 Å². The molecule has 0 aliphatic heterocycles. The van der Waals surface area contributed by atoms with Gasteiger partial charge in [-0.2, -0.15) is 0 Å². The number of aliphatic hydroxyl groups excluding tert-OH is 1. The zero-order chi connectivity index (χ0) is 27.7. The highest BCUT2D eigenvalue weighted by Gasteiger charge is 2.20. The number of thioether (sulfide) groups is 1. The molecule has 1 heterocycles. The van der Waals surface area contributed by atoms with Gasteiger partial charge in [0.25, 0.3) is 0 Å². The molecule has 4 N–H and O–H groups in total. The molecule has 3 aromatic rings. The van der Waals surface area contributed by atoms with Crippen molar-refractivity contribution in [1.82, 2.24) is 15.3 Å². The fourth-order valence-corrected chi connectivity index (χ4v) is 4.28. The average molecular weight is 541 g/mol. The number of anilines is 1. The molecule has 0 aliphatic carbocycles. The molecule has 0 unspecified atom stereocenters. The van der Waals surface area contributed by atoms with Crippen molar-refractivity contribution in [2.75, 3.05) is 18.9 Å². The molecule has 3 rings (SSSR count). The molecular formula is C27H29FN4O5S. The summed E-state index contributed by atoms with van der Waals surface area (Å²) in [6.45, 7) is 5.33. The van der Waals surface area contributed by atoms with Gasteiger partial charge in [-0.05, 0) is 45.0 Å². The number of nitrogens with one attached hydrogen (secondary N) is 1. The van der Waals surface area contributed by atoms with Crippen LogP contribution in [0.3, 0.4) is 0 Å². The second kappa shape index (κ2) is 13.5. The topological polar surface area (TPSA) is 137 Å². The Kier molecular flexibility index (Phi) is 10.2. The number of hydrogen-bond donors (Lipinski definition) is 3. The molecular weight excluding hydrogens is 511 g/mol. The van der Waals surface area contributed by atoms with Crippen LogP contribution in [0.2, 0.25) is 0 Å². The van der Waals surface area contributed by atoms with E-state index >= 15 is 0 Å². The zero-order valence-electron chi connectivity index (χ0n) is 21.3. The van der Waals surface area contributed by atoms with Gasteiger partial charge < -0.3 is 25.6 Å². The molecule has 11 heteroatoms. The number of benzene rings is 2. The molecule has 1 aromatic heterocycles. The minimum absolute atomic E-state index is 0.0859.